The van der Waals surface area contributed by atoms with E-state index in [2.05, 4.69) is 93.8 Å². The van der Waals surface area contributed by atoms with Gasteiger partial charge >= 0.3 is 0 Å². The van der Waals surface area contributed by atoms with Gasteiger partial charge in [0.05, 0.1) is 0 Å². The average Bonchev–Trinajstić information content (AvgIpc) is 2.56. The van der Waals surface area contributed by atoms with Crippen molar-refractivity contribution in [3.05, 3.63) is 35.1 Å². The van der Waals surface area contributed by atoms with Gasteiger partial charge < -0.3 is 4.90 Å². The fourth-order valence-corrected chi connectivity index (χ4v) is 3.27. The van der Waals surface area contributed by atoms with Crippen LogP contribution in [-0.2, 0) is 0 Å². The second kappa shape index (κ2) is 10.0. The maximum atomic E-state index is 3.53. The van der Waals surface area contributed by atoms with E-state index >= 15 is 0 Å². The van der Waals surface area contributed by atoms with Crippen LogP contribution in [0.2, 0.25) is 19.6 Å². The highest BCUT2D eigenvalue weighted by Gasteiger charge is 2.19. The molecule has 1 rings (SSSR count). The molecule has 0 radical (unpaired) electrons. The van der Waals surface area contributed by atoms with Crippen LogP contribution in [0.3, 0.4) is 0 Å². The molecule has 0 aromatic heterocycles. The normalized spacial score (nSPS) is 18.4. The Morgan fingerprint density at radius 2 is 1.68 bits per heavy atom. The van der Waals surface area contributed by atoms with Crippen molar-refractivity contribution in [1.29, 1.82) is 0 Å². The quantitative estimate of drug-likeness (QED) is 0.384. The van der Waals surface area contributed by atoms with Crippen LogP contribution >= 0.6 is 0 Å². The van der Waals surface area contributed by atoms with Gasteiger partial charge in [-0.2, -0.15) is 0 Å². The number of hydrogen-bond acceptors (Lipinski definition) is 2. The Hall–Kier alpha value is -1.24. The van der Waals surface area contributed by atoms with E-state index in [0.717, 1.165) is 38.2 Å². The Balaban J connectivity index is 3.02. The van der Waals surface area contributed by atoms with Crippen molar-refractivity contribution in [2.45, 2.75) is 66.7 Å². The third-order valence-corrected chi connectivity index (χ3v) is 5.43. The zero-order chi connectivity index (χ0) is 19.0. The Morgan fingerprint density at radius 1 is 1.08 bits per heavy atom. The first-order valence-electron chi connectivity index (χ1n) is 9.73. The second-order valence-corrected chi connectivity index (χ2v) is 13.0. The molecule has 2 nitrogen and oxygen atoms in total. The lowest BCUT2D eigenvalue weighted by Gasteiger charge is -2.38. The number of nitrogens with zero attached hydrogens (tertiary/aromatic N) is 2. The summed E-state index contributed by atoms with van der Waals surface area (Å²) in [4.78, 5) is 5.06. The maximum absolute atomic E-state index is 3.53. The van der Waals surface area contributed by atoms with Gasteiger partial charge in [-0.1, -0.05) is 44.1 Å². The van der Waals surface area contributed by atoms with Crippen LogP contribution in [0.15, 0.2) is 35.1 Å². The highest BCUT2D eigenvalue weighted by atomic mass is 28.3. The van der Waals surface area contributed by atoms with Gasteiger partial charge in [0.15, 0.2) is 0 Å². The summed E-state index contributed by atoms with van der Waals surface area (Å²) in [7, 11) is -1.37. The number of rotatable bonds is 5. The van der Waals surface area contributed by atoms with Crippen LogP contribution < -0.4 is 0 Å². The fraction of sp³-hybridized carbons (Fsp3) is 0.636. The molecule has 0 bridgehead atoms. The van der Waals surface area contributed by atoms with Gasteiger partial charge in [0.1, 0.15) is 8.07 Å². The zero-order valence-electron chi connectivity index (χ0n) is 17.7. The molecule has 0 amide bonds. The van der Waals surface area contributed by atoms with Crippen LogP contribution in [0.4, 0.5) is 0 Å². The van der Waals surface area contributed by atoms with Crippen molar-refractivity contribution in [1.82, 2.24) is 9.80 Å². The summed E-state index contributed by atoms with van der Waals surface area (Å²) >= 11 is 0. The van der Waals surface area contributed by atoms with Crippen LogP contribution in [0, 0.1) is 11.5 Å². The minimum Gasteiger partial charge on any atom is -0.369 e. The third-order valence-electron chi connectivity index (χ3n) is 4.55. The summed E-state index contributed by atoms with van der Waals surface area (Å²) in [6.07, 6.45) is 7.86. The fourth-order valence-electron chi connectivity index (χ4n) is 2.75. The van der Waals surface area contributed by atoms with E-state index in [1.165, 1.54) is 11.3 Å². The van der Waals surface area contributed by atoms with E-state index in [1.807, 2.05) is 0 Å². The third kappa shape index (κ3) is 8.12. The molecule has 0 saturated carbocycles. The van der Waals surface area contributed by atoms with E-state index in [9.17, 15) is 0 Å². The van der Waals surface area contributed by atoms with Gasteiger partial charge in [0.2, 0.25) is 0 Å². The van der Waals surface area contributed by atoms with Gasteiger partial charge in [0.25, 0.3) is 0 Å². The van der Waals surface area contributed by atoms with Crippen LogP contribution in [0.25, 0.3) is 0 Å². The van der Waals surface area contributed by atoms with Gasteiger partial charge in [-0.25, -0.2) is 0 Å². The van der Waals surface area contributed by atoms with Crippen LogP contribution in [-0.4, -0.2) is 50.1 Å². The number of piperazine rings is 1. The van der Waals surface area contributed by atoms with E-state index in [4.69, 9.17) is 0 Å². The van der Waals surface area contributed by atoms with E-state index in [1.54, 1.807) is 0 Å². The van der Waals surface area contributed by atoms with Crippen LogP contribution in [0.5, 0.6) is 0 Å². The van der Waals surface area contributed by atoms with E-state index in [0.29, 0.717) is 6.04 Å². The summed E-state index contributed by atoms with van der Waals surface area (Å²) in [5.74, 6) is 3.47. The molecule has 0 aromatic rings. The Bertz CT molecular complexity index is 571. The lowest BCUT2D eigenvalue weighted by molar-refractivity contribution is 0.132. The number of allylic oxidation sites excluding steroid dienone is 5. The van der Waals surface area contributed by atoms with E-state index < -0.39 is 8.07 Å². The Morgan fingerprint density at radius 3 is 2.12 bits per heavy atom. The van der Waals surface area contributed by atoms with Gasteiger partial charge in [-0.05, 0) is 46.3 Å². The molecule has 0 atom stereocenters. The molecule has 3 heteroatoms. The lowest BCUT2D eigenvalue weighted by atomic mass is 10.1. The first-order valence-corrected chi connectivity index (χ1v) is 13.2. The predicted octanol–water partition coefficient (Wildman–Crippen LogP) is 5.08. The predicted molar refractivity (Wildman–Crippen MR) is 115 cm³/mol. The highest BCUT2D eigenvalue weighted by molar-refractivity contribution is 6.83. The Kier molecular flexibility index (Phi) is 8.75. The SMILES string of the molecule is C\C=C(/C=C(C#C[Si](C)(C)C)\C=C(/C)CC)N1CCN(C(C)C)CC1. The second-order valence-electron chi connectivity index (χ2n) is 8.27. The molecule has 140 valence electrons. The van der Waals surface area contributed by atoms with Crippen molar-refractivity contribution in [2.24, 2.45) is 0 Å². The summed E-state index contributed by atoms with van der Waals surface area (Å²) in [6.45, 7) is 22.5. The first kappa shape index (κ1) is 21.8. The average molecular weight is 359 g/mol. The summed E-state index contributed by atoms with van der Waals surface area (Å²) in [5, 5.41) is 0. The van der Waals surface area contributed by atoms with Crippen molar-refractivity contribution in [2.75, 3.05) is 26.2 Å². The maximum Gasteiger partial charge on any atom is 0.129 e. The van der Waals surface area contributed by atoms with Gasteiger partial charge in [-0.3, -0.25) is 4.90 Å². The molecule has 0 N–H and O–H groups in total. The first-order chi connectivity index (χ1) is 11.7. The summed E-state index contributed by atoms with van der Waals surface area (Å²) in [6, 6.07) is 0.639. The standard InChI is InChI=1S/C22H38N2Si/c1-9-20(5)17-21(11-16-25(6,7)8)18-22(10-2)24-14-12-23(13-15-24)19(3)4/h10,17-19H,9,12-15H2,1-8H3/b20-17+,21-18-,22-10+. The van der Waals surface area contributed by atoms with Crippen molar-refractivity contribution in [3.63, 3.8) is 0 Å². The zero-order valence-corrected chi connectivity index (χ0v) is 18.7. The minimum absolute atomic E-state index is 0.639. The molecular weight excluding hydrogens is 320 g/mol. The number of hydrogen-bond donors (Lipinski definition) is 0. The molecule has 0 unspecified atom stereocenters. The van der Waals surface area contributed by atoms with Gasteiger partial charge in [0, 0.05) is 43.5 Å². The Labute approximate surface area is 157 Å². The molecule has 0 aromatic carbocycles. The minimum atomic E-state index is -1.37. The van der Waals surface area contributed by atoms with E-state index in [-0.39, 0.29) is 0 Å². The monoisotopic (exact) mass is 358 g/mol. The highest BCUT2D eigenvalue weighted by Crippen LogP contribution is 2.16. The summed E-state index contributed by atoms with van der Waals surface area (Å²) < 4.78 is 0. The smallest absolute Gasteiger partial charge is 0.129 e. The molecule has 1 heterocycles. The van der Waals surface area contributed by atoms with Crippen molar-refractivity contribution >= 4 is 8.07 Å². The molecular formula is C22H38N2Si. The van der Waals surface area contributed by atoms with Crippen molar-refractivity contribution < 1.29 is 0 Å². The topological polar surface area (TPSA) is 6.48 Å². The molecule has 0 aliphatic carbocycles. The summed E-state index contributed by atoms with van der Waals surface area (Å²) in [5.41, 5.74) is 7.38. The molecule has 0 spiro atoms. The lowest BCUT2D eigenvalue weighted by Crippen LogP contribution is -2.48. The molecule has 1 fully saturated rings. The van der Waals surface area contributed by atoms with Crippen molar-refractivity contribution in [3.8, 4) is 11.5 Å². The van der Waals surface area contributed by atoms with Gasteiger partial charge in [-0.15, -0.1) is 5.54 Å². The van der Waals surface area contributed by atoms with Crippen LogP contribution in [0.1, 0.15) is 41.0 Å². The molecule has 1 saturated heterocycles. The molecule has 1 aliphatic heterocycles. The molecule has 1 aliphatic rings. The largest absolute Gasteiger partial charge is 0.369 e. The molecule has 25 heavy (non-hydrogen) atoms.